The summed E-state index contributed by atoms with van der Waals surface area (Å²) in [5, 5.41) is 8.51. The average Bonchev–Trinajstić information content (AvgIpc) is 2.28. The fourth-order valence-electron chi connectivity index (χ4n) is 1.80. The van der Waals surface area contributed by atoms with Crippen LogP contribution < -0.4 is 0 Å². The topological polar surface area (TPSA) is 54.4 Å². The minimum Gasteiger partial charge on any atom is -0.475 e. The van der Waals surface area contributed by atoms with E-state index in [1.807, 2.05) is 0 Å². The second kappa shape index (κ2) is 6.89. The molecule has 0 bridgehead atoms. The van der Waals surface area contributed by atoms with Gasteiger partial charge in [-0.2, -0.15) is 0 Å². The molecule has 0 aliphatic carbocycles. The number of Topliss-reactive ketones (excluding diaryl/α,β-unsaturated/α-hetero) is 1. The van der Waals surface area contributed by atoms with Crippen LogP contribution in [0.25, 0.3) is 0 Å². The van der Waals surface area contributed by atoms with Crippen LogP contribution in [-0.4, -0.2) is 16.9 Å². The molecule has 18 heavy (non-hydrogen) atoms. The molecule has 0 heterocycles. The Morgan fingerprint density at radius 3 is 2.44 bits per heavy atom. The van der Waals surface area contributed by atoms with Gasteiger partial charge in [-0.15, -0.1) is 0 Å². The van der Waals surface area contributed by atoms with Gasteiger partial charge in [0.05, 0.1) is 0 Å². The van der Waals surface area contributed by atoms with Crippen molar-refractivity contribution in [3.8, 4) is 0 Å². The number of carbonyl (C=O) groups is 2. The number of aryl methyl sites for hydroxylation is 1. The number of aliphatic carboxylic acids is 1. The molecule has 0 unspecified atom stereocenters. The van der Waals surface area contributed by atoms with E-state index in [9.17, 15) is 14.0 Å². The van der Waals surface area contributed by atoms with E-state index in [0.29, 0.717) is 5.56 Å². The second-order valence-electron chi connectivity index (χ2n) is 4.33. The molecule has 0 saturated heterocycles. The van der Waals surface area contributed by atoms with Crippen molar-refractivity contribution in [2.45, 2.75) is 39.0 Å². The van der Waals surface area contributed by atoms with E-state index >= 15 is 0 Å². The van der Waals surface area contributed by atoms with Gasteiger partial charge in [0.2, 0.25) is 5.78 Å². The molecule has 0 aliphatic rings. The van der Waals surface area contributed by atoms with E-state index in [2.05, 4.69) is 6.92 Å². The third kappa shape index (κ3) is 4.65. The van der Waals surface area contributed by atoms with Gasteiger partial charge in [0.1, 0.15) is 5.82 Å². The Kier molecular flexibility index (Phi) is 5.49. The summed E-state index contributed by atoms with van der Waals surface area (Å²) in [7, 11) is 0. The van der Waals surface area contributed by atoms with Crippen molar-refractivity contribution in [2.75, 3.05) is 0 Å². The number of hydrogen-bond acceptors (Lipinski definition) is 2. The molecule has 3 nitrogen and oxygen atoms in total. The lowest BCUT2D eigenvalue weighted by molar-refractivity contribution is -0.148. The highest BCUT2D eigenvalue weighted by Gasteiger charge is 2.13. The minimum atomic E-state index is -1.48. The maximum absolute atomic E-state index is 13.3. The molecule has 0 amide bonds. The zero-order chi connectivity index (χ0) is 13.5. The van der Waals surface area contributed by atoms with Crippen LogP contribution in [0.1, 0.15) is 37.3 Å². The first-order chi connectivity index (χ1) is 8.52. The standard InChI is InChI=1S/C14H17FO3/c1-2-3-4-5-10-6-11(8-12(15)7-10)9-13(16)14(17)18/h6-8H,2-5,9H2,1H3,(H,17,18). The highest BCUT2D eigenvalue weighted by Crippen LogP contribution is 2.13. The predicted molar refractivity (Wildman–Crippen MR) is 66.0 cm³/mol. The predicted octanol–water partition coefficient (Wildman–Crippen LogP) is 2.75. The van der Waals surface area contributed by atoms with Crippen molar-refractivity contribution in [3.63, 3.8) is 0 Å². The van der Waals surface area contributed by atoms with Crippen molar-refractivity contribution in [1.82, 2.24) is 0 Å². The molecule has 1 rings (SSSR count). The van der Waals surface area contributed by atoms with Crippen molar-refractivity contribution >= 4 is 11.8 Å². The Bertz CT molecular complexity index is 441. The molecule has 0 saturated carbocycles. The highest BCUT2D eigenvalue weighted by atomic mass is 19.1. The highest BCUT2D eigenvalue weighted by molar-refractivity contribution is 6.33. The van der Waals surface area contributed by atoms with Gasteiger partial charge in [0.15, 0.2) is 0 Å². The third-order valence-corrected chi connectivity index (χ3v) is 2.69. The van der Waals surface area contributed by atoms with Gasteiger partial charge in [-0.3, -0.25) is 4.79 Å². The first-order valence-electron chi connectivity index (χ1n) is 6.07. The van der Waals surface area contributed by atoms with Gasteiger partial charge >= 0.3 is 5.97 Å². The maximum Gasteiger partial charge on any atom is 0.372 e. The molecule has 1 N–H and O–H groups in total. The number of carboxylic acids is 1. The van der Waals surface area contributed by atoms with Crippen molar-refractivity contribution in [3.05, 3.63) is 35.1 Å². The summed E-state index contributed by atoms with van der Waals surface area (Å²) < 4.78 is 13.3. The lowest BCUT2D eigenvalue weighted by Gasteiger charge is -2.05. The van der Waals surface area contributed by atoms with E-state index in [-0.39, 0.29) is 6.42 Å². The number of carboxylic acid groups (broad SMARTS) is 1. The molecule has 0 radical (unpaired) electrons. The summed E-state index contributed by atoms with van der Waals surface area (Å²) in [6.45, 7) is 2.09. The quantitative estimate of drug-likeness (QED) is 0.599. The van der Waals surface area contributed by atoms with E-state index in [0.717, 1.165) is 31.2 Å². The Labute approximate surface area is 106 Å². The smallest absolute Gasteiger partial charge is 0.372 e. The van der Waals surface area contributed by atoms with Crippen molar-refractivity contribution in [2.24, 2.45) is 0 Å². The first kappa shape index (κ1) is 14.4. The second-order valence-corrected chi connectivity index (χ2v) is 4.33. The summed E-state index contributed by atoms with van der Waals surface area (Å²) in [4.78, 5) is 21.5. The van der Waals surface area contributed by atoms with Crippen LogP contribution in [-0.2, 0) is 22.4 Å². The zero-order valence-electron chi connectivity index (χ0n) is 10.4. The normalized spacial score (nSPS) is 10.3. The van der Waals surface area contributed by atoms with E-state index in [4.69, 9.17) is 5.11 Å². The number of rotatable bonds is 7. The van der Waals surface area contributed by atoms with Gasteiger partial charge in [-0.05, 0) is 36.1 Å². The number of halogens is 1. The number of unbranched alkanes of at least 4 members (excludes halogenated alkanes) is 2. The molecule has 0 aliphatic heterocycles. The number of benzene rings is 1. The van der Waals surface area contributed by atoms with Crippen LogP contribution in [0.15, 0.2) is 18.2 Å². The van der Waals surface area contributed by atoms with Crippen LogP contribution in [0.3, 0.4) is 0 Å². The van der Waals surface area contributed by atoms with Crippen molar-refractivity contribution < 1.29 is 19.1 Å². The molecule has 0 atom stereocenters. The summed E-state index contributed by atoms with van der Waals surface area (Å²) in [6.07, 6.45) is 3.61. The molecular formula is C14H17FO3. The lowest BCUT2D eigenvalue weighted by atomic mass is 10.0. The van der Waals surface area contributed by atoms with Gasteiger partial charge in [-0.1, -0.05) is 25.8 Å². The van der Waals surface area contributed by atoms with Gasteiger partial charge in [0, 0.05) is 6.42 Å². The molecule has 4 heteroatoms. The number of hydrogen-bond donors (Lipinski definition) is 1. The van der Waals surface area contributed by atoms with Crippen LogP contribution in [0.2, 0.25) is 0 Å². The fourth-order valence-corrected chi connectivity index (χ4v) is 1.80. The zero-order valence-corrected chi connectivity index (χ0v) is 10.4. The van der Waals surface area contributed by atoms with E-state index < -0.39 is 17.6 Å². The monoisotopic (exact) mass is 252 g/mol. The summed E-state index contributed by atoms with van der Waals surface area (Å²) in [6, 6.07) is 4.36. The SMILES string of the molecule is CCCCCc1cc(F)cc(CC(=O)C(=O)O)c1. The van der Waals surface area contributed by atoms with Crippen LogP contribution in [0, 0.1) is 5.82 Å². The number of carbonyl (C=O) groups excluding carboxylic acids is 1. The van der Waals surface area contributed by atoms with Gasteiger partial charge in [0.25, 0.3) is 0 Å². The molecule has 98 valence electrons. The van der Waals surface area contributed by atoms with Crippen LogP contribution in [0.4, 0.5) is 4.39 Å². The minimum absolute atomic E-state index is 0.256. The maximum atomic E-state index is 13.3. The Balaban J connectivity index is 2.74. The van der Waals surface area contributed by atoms with Gasteiger partial charge in [-0.25, -0.2) is 9.18 Å². The lowest BCUT2D eigenvalue weighted by Crippen LogP contribution is -2.15. The number of ketones is 1. The largest absolute Gasteiger partial charge is 0.475 e. The fraction of sp³-hybridized carbons (Fsp3) is 0.429. The Hall–Kier alpha value is -1.71. The summed E-state index contributed by atoms with van der Waals surface area (Å²) in [5.74, 6) is -2.82. The molecule has 0 spiro atoms. The Morgan fingerprint density at radius 2 is 1.83 bits per heavy atom. The first-order valence-corrected chi connectivity index (χ1v) is 6.07. The van der Waals surface area contributed by atoms with Crippen molar-refractivity contribution in [1.29, 1.82) is 0 Å². The van der Waals surface area contributed by atoms with E-state index in [1.165, 1.54) is 12.1 Å². The van der Waals surface area contributed by atoms with E-state index in [1.54, 1.807) is 6.07 Å². The molecule has 1 aromatic carbocycles. The summed E-state index contributed by atoms with van der Waals surface area (Å²) >= 11 is 0. The molecule has 1 aromatic rings. The van der Waals surface area contributed by atoms with Crippen LogP contribution >= 0.6 is 0 Å². The molecular weight excluding hydrogens is 235 g/mol. The third-order valence-electron chi connectivity index (χ3n) is 2.69. The Morgan fingerprint density at radius 1 is 1.17 bits per heavy atom. The molecule has 0 aromatic heterocycles. The summed E-state index contributed by atoms with van der Waals surface area (Å²) in [5.41, 5.74) is 1.24. The molecule has 0 fully saturated rings. The van der Waals surface area contributed by atoms with Crippen LogP contribution in [0.5, 0.6) is 0 Å². The van der Waals surface area contributed by atoms with Gasteiger partial charge < -0.3 is 5.11 Å². The average molecular weight is 252 g/mol.